The summed E-state index contributed by atoms with van der Waals surface area (Å²) in [5.74, 6) is -0.402. The van der Waals surface area contributed by atoms with Crippen molar-refractivity contribution in [3.63, 3.8) is 0 Å². The Morgan fingerprint density at radius 1 is 1.17 bits per heavy atom. The van der Waals surface area contributed by atoms with Gasteiger partial charge < -0.3 is 4.74 Å². The van der Waals surface area contributed by atoms with Crippen molar-refractivity contribution in [2.24, 2.45) is 0 Å². The lowest BCUT2D eigenvalue weighted by molar-refractivity contribution is -0.120. The summed E-state index contributed by atoms with van der Waals surface area (Å²) in [5, 5.41) is -1.20. The van der Waals surface area contributed by atoms with Crippen molar-refractivity contribution in [3.05, 3.63) is 30.3 Å². The van der Waals surface area contributed by atoms with Gasteiger partial charge in [-0.25, -0.2) is 13.2 Å². The third-order valence-electron chi connectivity index (χ3n) is 4.40. The van der Waals surface area contributed by atoms with E-state index in [9.17, 15) is 18.0 Å². The molecule has 0 radical (unpaired) electrons. The summed E-state index contributed by atoms with van der Waals surface area (Å²) in [6.45, 7) is 5.22. The van der Waals surface area contributed by atoms with E-state index in [1.165, 1.54) is 17.0 Å². The van der Waals surface area contributed by atoms with Gasteiger partial charge in [0.25, 0.3) is 0 Å². The van der Waals surface area contributed by atoms with Crippen LogP contribution in [0.25, 0.3) is 0 Å². The number of carbonyl (C=O) groups excluding carboxylic acids is 2. The van der Waals surface area contributed by atoms with Crippen molar-refractivity contribution >= 4 is 21.7 Å². The first-order valence-electron chi connectivity index (χ1n) is 7.97. The molecule has 3 atom stereocenters. The fourth-order valence-corrected chi connectivity index (χ4v) is 5.46. The zero-order chi connectivity index (χ0) is 17.7. The van der Waals surface area contributed by atoms with Crippen LogP contribution < -0.4 is 0 Å². The summed E-state index contributed by atoms with van der Waals surface area (Å²) in [6, 6.07) is 6.57. The molecular weight excluding hydrogens is 330 g/mol. The molecule has 130 valence electrons. The molecule has 1 aromatic carbocycles. The highest BCUT2D eigenvalue weighted by atomic mass is 32.2. The topological polar surface area (TPSA) is 80.8 Å². The zero-order valence-electron chi connectivity index (χ0n) is 13.9. The third-order valence-corrected chi connectivity index (χ3v) is 6.54. The van der Waals surface area contributed by atoms with Crippen molar-refractivity contribution in [2.75, 3.05) is 0 Å². The van der Waals surface area contributed by atoms with Crippen molar-refractivity contribution in [1.82, 2.24) is 4.90 Å². The average Bonchev–Trinajstić information content (AvgIpc) is 3.02. The van der Waals surface area contributed by atoms with E-state index in [0.29, 0.717) is 12.8 Å². The molecule has 0 unspecified atom stereocenters. The average molecular weight is 351 g/mol. The van der Waals surface area contributed by atoms with Crippen LogP contribution in [0.15, 0.2) is 35.2 Å². The standard InChI is InChI=1S/C17H21NO5S/c1-17(2,3)23-16(20)18-12-9-10-13(18)15(14(12)19)24(21,22)11-7-5-4-6-8-11/h4-8,12-13,15H,9-10H2,1-3H3/t12-,13+,15+/m0/s1. The lowest BCUT2D eigenvalue weighted by Crippen LogP contribution is -2.43. The third kappa shape index (κ3) is 2.70. The maximum atomic E-state index is 12.9. The van der Waals surface area contributed by atoms with Crippen molar-refractivity contribution in [1.29, 1.82) is 0 Å². The van der Waals surface area contributed by atoms with Crippen molar-refractivity contribution in [3.8, 4) is 0 Å². The van der Waals surface area contributed by atoms with Crippen LogP contribution in [0, 0.1) is 0 Å². The molecule has 0 spiro atoms. The first-order chi connectivity index (χ1) is 11.1. The summed E-state index contributed by atoms with van der Waals surface area (Å²) in [6.07, 6.45) is 0.366. The number of fused-ring (bicyclic) bond motifs is 2. The minimum absolute atomic E-state index is 0.111. The summed E-state index contributed by atoms with van der Waals surface area (Å²) < 4.78 is 31.1. The maximum Gasteiger partial charge on any atom is 0.411 e. The molecule has 3 rings (SSSR count). The fourth-order valence-electron chi connectivity index (χ4n) is 3.49. The Morgan fingerprint density at radius 2 is 1.79 bits per heavy atom. The number of rotatable bonds is 2. The number of nitrogens with zero attached hydrogens (tertiary/aromatic N) is 1. The molecule has 0 aromatic heterocycles. The minimum Gasteiger partial charge on any atom is -0.444 e. The monoisotopic (exact) mass is 351 g/mol. The van der Waals surface area contributed by atoms with Gasteiger partial charge in [0.05, 0.1) is 17.0 Å². The number of ether oxygens (including phenoxy) is 1. The Morgan fingerprint density at radius 3 is 2.38 bits per heavy atom. The molecule has 2 aliphatic heterocycles. The largest absolute Gasteiger partial charge is 0.444 e. The molecule has 6 nitrogen and oxygen atoms in total. The Balaban J connectivity index is 1.93. The first kappa shape index (κ1) is 17.0. The predicted molar refractivity (Wildman–Crippen MR) is 87.3 cm³/mol. The highest BCUT2D eigenvalue weighted by Gasteiger charge is 2.60. The Labute approximate surface area is 141 Å². The number of hydrogen-bond acceptors (Lipinski definition) is 5. The summed E-state index contributed by atoms with van der Waals surface area (Å²) in [7, 11) is -3.83. The fraction of sp³-hybridized carbons (Fsp3) is 0.529. The van der Waals surface area contributed by atoms with Crippen LogP contribution in [-0.2, 0) is 19.4 Å². The number of hydrogen-bond donors (Lipinski definition) is 0. The van der Waals surface area contributed by atoms with Gasteiger partial charge in [0.1, 0.15) is 10.9 Å². The normalized spacial score (nSPS) is 26.7. The summed E-state index contributed by atoms with van der Waals surface area (Å²) in [4.78, 5) is 26.5. The second kappa shape index (κ2) is 5.58. The molecule has 1 amide bonds. The maximum absolute atomic E-state index is 12.9. The van der Waals surface area contributed by atoms with Gasteiger partial charge in [-0.15, -0.1) is 0 Å². The Kier molecular flexibility index (Phi) is 3.94. The number of ketones is 1. The van der Waals surface area contributed by atoms with Gasteiger partial charge in [-0.05, 0) is 45.7 Å². The van der Waals surface area contributed by atoms with Gasteiger partial charge >= 0.3 is 6.09 Å². The lowest BCUT2D eigenvalue weighted by atomic mass is 9.99. The highest BCUT2D eigenvalue weighted by molar-refractivity contribution is 7.93. The summed E-state index contributed by atoms with van der Waals surface area (Å²) >= 11 is 0. The molecule has 2 saturated heterocycles. The van der Waals surface area contributed by atoms with E-state index in [1.807, 2.05) is 0 Å². The summed E-state index contributed by atoms with van der Waals surface area (Å²) in [5.41, 5.74) is -0.698. The van der Waals surface area contributed by atoms with Crippen LogP contribution >= 0.6 is 0 Å². The number of carbonyl (C=O) groups is 2. The molecular formula is C17H21NO5S. The van der Waals surface area contributed by atoms with Crippen LogP contribution in [-0.4, -0.2) is 48.1 Å². The zero-order valence-corrected chi connectivity index (χ0v) is 14.7. The number of Topliss-reactive ketones (excluding diaryl/α,β-unsaturated/α-hetero) is 1. The van der Waals surface area contributed by atoms with E-state index in [4.69, 9.17) is 4.74 Å². The Bertz CT molecular complexity index is 766. The molecule has 2 aliphatic rings. The SMILES string of the molecule is CC(C)(C)OC(=O)N1[C@@H]2CC[C@H]1C(=O)[C@@H]2S(=O)(=O)c1ccccc1. The van der Waals surface area contributed by atoms with Gasteiger partial charge in [-0.2, -0.15) is 0 Å². The predicted octanol–water partition coefficient (Wildman–Crippen LogP) is 2.18. The van der Waals surface area contributed by atoms with Crippen LogP contribution in [0.2, 0.25) is 0 Å². The number of amides is 1. The molecule has 0 N–H and O–H groups in total. The second-order valence-electron chi connectivity index (χ2n) is 7.23. The second-order valence-corrected chi connectivity index (χ2v) is 9.30. The van der Waals surface area contributed by atoms with E-state index in [1.54, 1.807) is 39.0 Å². The van der Waals surface area contributed by atoms with E-state index in [-0.39, 0.29) is 4.90 Å². The minimum atomic E-state index is -3.83. The van der Waals surface area contributed by atoms with Crippen LogP contribution in [0.4, 0.5) is 4.79 Å². The molecule has 0 saturated carbocycles. The molecule has 24 heavy (non-hydrogen) atoms. The van der Waals surface area contributed by atoms with Crippen molar-refractivity contribution in [2.45, 2.75) is 61.4 Å². The molecule has 2 bridgehead atoms. The van der Waals surface area contributed by atoms with Crippen molar-refractivity contribution < 1.29 is 22.7 Å². The molecule has 0 aliphatic carbocycles. The molecule has 1 aromatic rings. The smallest absolute Gasteiger partial charge is 0.411 e. The van der Waals surface area contributed by atoms with Gasteiger partial charge in [0, 0.05) is 0 Å². The van der Waals surface area contributed by atoms with E-state index >= 15 is 0 Å². The molecule has 2 heterocycles. The van der Waals surface area contributed by atoms with E-state index in [0.717, 1.165) is 0 Å². The Hall–Kier alpha value is -1.89. The van der Waals surface area contributed by atoms with Crippen LogP contribution in [0.3, 0.4) is 0 Å². The van der Waals surface area contributed by atoms with Gasteiger partial charge in [-0.3, -0.25) is 9.69 Å². The number of benzene rings is 1. The van der Waals surface area contributed by atoms with Crippen LogP contribution in [0.1, 0.15) is 33.6 Å². The van der Waals surface area contributed by atoms with Gasteiger partial charge in [-0.1, -0.05) is 18.2 Å². The van der Waals surface area contributed by atoms with Gasteiger partial charge in [0.2, 0.25) is 0 Å². The highest BCUT2D eigenvalue weighted by Crippen LogP contribution is 2.41. The lowest BCUT2D eigenvalue weighted by Gasteiger charge is -2.27. The van der Waals surface area contributed by atoms with E-state index in [2.05, 4.69) is 0 Å². The van der Waals surface area contributed by atoms with E-state index < -0.39 is 44.6 Å². The molecule has 2 fully saturated rings. The first-order valence-corrected chi connectivity index (χ1v) is 9.51. The number of sulfone groups is 1. The quantitative estimate of drug-likeness (QED) is 0.816. The van der Waals surface area contributed by atoms with Gasteiger partial charge in [0.15, 0.2) is 15.6 Å². The molecule has 7 heteroatoms. The van der Waals surface area contributed by atoms with Crippen LogP contribution in [0.5, 0.6) is 0 Å².